The van der Waals surface area contributed by atoms with Gasteiger partial charge in [0.2, 0.25) is 0 Å². The molecule has 0 unspecified atom stereocenters. The Hall–Kier alpha value is -4.89. The lowest BCUT2D eigenvalue weighted by molar-refractivity contribution is 0.597. The highest BCUT2D eigenvalue weighted by Gasteiger charge is 2.51. The molecule has 180 valence electrons. The average Bonchev–Trinajstić information content (AvgIpc) is 3.26. The number of aryl methyl sites for hydroxylation is 1. The fourth-order valence-corrected chi connectivity index (χ4v) is 6.69. The zero-order chi connectivity index (χ0) is 25.4. The van der Waals surface area contributed by atoms with Crippen LogP contribution in [0.25, 0.3) is 22.1 Å². The third-order valence-corrected chi connectivity index (χ3v) is 8.24. The molecule has 8 rings (SSSR count). The molecule has 0 atom stereocenters. The zero-order valence-electron chi connectivity index (χ0n) is 20.8. The van der Waals surface area contributed by atoms with E-state index in [0.717, 1.165) is 17.1 Å². The van der Waals surface area contributed by atoms with Crippen LogP contribution in [0.5, 0.6) is 0 Å². The number of hydrogen-bond donors (Lipinski definition) is 0. The molecule has 2 aliphatic rings. The van der Waals surface area contributed by atoms with E-state index in [-0.39, 0.29) is 5.43 Å². The number of rotatable bonds is 1. The molecule has 3 heteroatoms. The monoisotopic (exact) mass is 489 g/mol. The summed E-state index contributed by atoms with van der Waals surface area (Å²) in [5.41, 5.74) is 11.6. The van der Waals surface area contributed by atoms with Gasteiger partial charge in [0.1, 0.15) is 5.58 Å². The van der Waals surface area contributed by atoms with E-state index >= 15 is 0 Å². The fraction of sp³-hybridized carbons (Fsp3) is 0.0571. The van der Waals surface area contributed by atoms with Gasteiger partial charge in [-0.3, -0.25) is 4.79 Å². The molecule has 0 N–H and O–H groups in total. The Morgan fingerprint density at radius 1 is 0.632 bits per heavy atom. The quantitative estimate of drug-likeness (QED) is 0.233. The summed E-state index contributed by atoms with van der Waals surface area (Å²) in [5, 5.41) is 0.599. The fourth-order valence-electron chi connectivity index (χ4n) is 6.69. The van der Waals surface area contributed by atoms with Crippen molar-refractivity contribution in [1.29, 1.82) is 0 Å². The number of anilines is 3. The van der Waals surface area contributed by atoms with Crippen molar-refractivity contribution >= 4 is 28.0 Å². The van der Waals surface area contributed by atoms with Gasteiger partial charge in [0.15, 0.2) is 5.43 Å². The molecular weight excluding hydrogens is 466 g/mol. The van der Waals surface area contributed by atoms with Crippen molar-refractivity contribution in [3.05, 3.63) is 160 Å². The van der Waals surface area contributed by atoms with Gasteiger partial charge in [-0.05, 0) is 64.6 Å². The van der Waals surface area contributed by atoms with E-state index in [9.17, 15) is 4.79 Å². The van der Waals surface area contributed by atoms with Gasteiger partial charge in [-0.1, -0.05) is 84.9 Å². The number of benzene rings is 5. The molecule has 3 nitrogen and oxygen atoms in total. The molecule has 0 fully saturated rings. The van der Waals surface area contributed by atoms with Crippen molar-refractivity contribution < 1.29 is 4.42 Å². The average molecular weight is 490 g/mol. The van der Waals surface area contributed by atoms with Crippen LogP contribution in [-0.4, -0.2) is 0 Å². The largest absolute Gasteiger partial charge is 0.464 e. The van der Waals surface area contributed by atoms with Gasteiger partial charge < -0.3 is 9.32 Å². The number of nitrogens with zero attached hydrogens (tertiary/aromatic N) is 1. The smallest absolute Gasteiger partial charge is 0.195 e. The van der Waals surface area contributed by atoms with Gasteiger partial charge >= 0.3 is 0 Å². The lowest BCUT2D eigenvalue weighted by Gasteiger charge is -2.45. The lowest BCUT2D eigenvalue weighted by Crippen LogP contribution is -2.36. The topological polar surface area (TPSA) is 33.5 Å². The Morgan fingerprint density at radius 2 is 1.16 bits per heavy atom. The third-order valence-electron chi connectivity index (χ3n) is 8.24. The number of para-hydroxylation sites is 2. The Morgan fingerprint density at radius 3 is 1.76 bits per heavy atom. The van der Waals surface area contributed by atoms with Crippen molar-refractivity contribution in [2.75, 3.05) is 4.90 Å². The molecule has 1 spiro atoms. The summed E-state index contributed by atoms with van der Waals surface area (Å²) < 4.78 is 5.89. The summed E-state index contributed by atoms with van der Waals surface area (Å²) in [7, 11) is 0. The molecule has 0 bridgehead atoms. The highest BCUT2D eigenvalue weighted by molar-refractivity contribution is 5.96. The van der Waals surface area contributed by atoms with Crippen LogP contribution in [0, 0.1) is 6.92 Å². The molecule has 5 aromatic carbocycles. The summed E-state index contributed by atoms with van der Waals surface area (Å²) >= 11 is 0. The summed E-state index contributed by atoms with van der Waals surface area (Å²) in [5.74, 6) is 0. The van der Waals surface area contributed by atoms with Crippen LogP contribution in [0.15, 0.2) is 131 Å². The SMILES string of the molecule is Cc1coc2cc(N3c4ccccc4C4(c5ccccc5-c5ccccc54)c4ccccc43)ccc2c1=O. The lowest BCUT2D eigenvalue weighted by atomic mass is 9.64. The molecular formula is C35H23NO2. The van der Waals surface area contributed by atoms with Gasteiger partial charge in [-0.25, -0.2) is 0 Å². The van der Waals surface area contributed by atoms with Gasteiger partial charge in [-0.2, -0.15) is 0 Å². The first kappa shape index (κ1) is 21.2. The van der Waals surface area contributed by atoms with E-state index in [0.29, 0.717) is 16.5 Å². The minimum atomic E-state index is -0.433. The van der Waals surface area contributed by atoms with E-state index in [1.54, 1.807) is 13.2 Å². The summed E-state index contributed by atoms with van der Waals surface area (Å²) in [6, 6.07) is 40.9. The Labute approximate surface area is 220 Å². The second-order valence-corrected chi connectivity index (χ2v) is 10.1. The highest BCUT2D eigenvalue weighted by Crippen LogP contribution is 2.63. The van der Waals surface area contributed by atoms with E-state index in [4.69, 9.17) is 4.42 Å². The van der Waals surface area contributed by atoms with Crippen molar-refractivity contribution in [1.82, 2.24) is 0 Å². The van der Waals surface area contributed by atoms with E-state index in [1.165, 1.54) is 33.4 Å². The predicted octanol–water partition coefficient (Wildman–Crippen LogP) is 8.25. The summed E-state index contributed by atoms with van der Waals surface area (Å²) in [6.45, 7) is 1.78. The van der Waals surface area contributed by atoms with Gasteiger partial charge in [0.05, 0.1) is 28.4 Å². The Kier molecular flexibility index (Phi) is 4.22. The van der Waals surface area contributed by atoms with Gasteiger partial charge in [0.25, 0.3) is 0 Å². The first-order chi connectivity index (χ1) is 18.7. The van der Waals surface area contributed by atoms with Crippen LogP contribution in [0.1, 0.15) is 27.8 Å². The maximum atomic E-state index is 12.7. The van der Waals surface area contributed by atoms with Crippen molar-refractivity contribution in [3.63, 3.8) is 0 Å². The third kappa shape index (κ3) is 2.55. The molecule has 0 radical (unpaired) electrons. The van der Waals surface area contributed by atoms with E-state index in [1.807, 2.05) is 18.2 Å². The van der Waals surface area contributed by atoms with Crippen molar-refractivity contribution in [2.24, 2.45) is 0 Å². The van der Waals surface area contributed by atoms with Crippen molar-refractivity contribution in [3.8, 4) is 11.1 Å². The van der Waals surface area contributed by atoms with Crippen LogP contribution < -0.4 is 10.3 Å². The highest BCUT2D eigenvalue weighted by atomic mass is 16.3. The first-order valence-electron chi connectivity index (χ1n) is 12.9. The van der Waals surface area contributed by atoms with Crippen LogP contribution in [0.3, 0.4) is 0 Å². The zero-order valence-corrected chi connectivity index (χ0v) is 20.8. The maximum Gasteiger partial charge on any atom is 0.195 e. The van der Waals surface area contributed by atoms with E-state index < -0.39 is 5.41 Å². The molecule has 0 saturated heterocycles. The van der Waals surface area contributed by atoms with Gasteiger partial charge in [0, 0.05) is 17.3 Å². The Balaban J connectivity index is 1.48. The Bertz CT molecular complexity index is 1890. The molecule has 2 heterocycles. The van der Waals surface area contributed by atoms with Crippen LogP contribution >= 0.6 is 0 Å². The maximum absolute atomic E-state index is 12.7. The van der Waals surface area contributed by atoms with Crippen LogP contribution in [0.2, 0.25) is 0 Å². The number of hydrogen-bond acceptors (Lipinski definition) is 3. The standard InChI is InChI=1S/C35H23NO2/c1-22-21-38-33-20-23(18-19-26(33)34(22)37)36-31-16-8-6-14-29(31)35(30-15-7-9-17-32(30)36)27-12-4-2-10-24(27)25-11-3-5-13-28(25)35/h2-21H,1H3. The van der Waals surface area contributed by atoms with Gasteiger partial charge in [-0.15, -0.1) is 0 Å². The minimum Gasteiger partial charge on any atom is -0.464 e. The van der Waals surface area contributed by atoms with Crippen LogP contribution in [-0.2, 0) is 5.41 Å². The molecule has 1 aliphatic carbocycles. The molecule has 1 aliphatic heterocycles. The molecule has 0 amide bonds. The summed E-state index contributed by atoms with van der Waals surface area (Å²) in [4.78, 5) is 15.0. The molecule has 6 aromatic rings. The molecule has 38 heavy (non-hydrogen) atoms. The first-order valence-corrected chi connectivity index (χ1v) is 12.9. The van der Waals surface area contributed by atoms with Crippen molar-refractivity contribution in [2.45, 2.75) is 12.3 Å². The number of fused-ring (bicyclic) bond motifs is 10. The normalized spacial score (nSPS) is 14.2. The molecule has 1 aromatic heterocycles. The minimum absolute atomic E-state index is 0.00960. The predicted molar refractivity (Wildman–Crippen MR) is 153 cm³/mol. The second kappa shape index (κ2) is 7.56. The molecule has 0 saturated carbocycles. The van der Waals surface area contributed by atoms with E-state index in [2.05, 4.69) is 102 Å². The second-order valence-electron chi connectivity index (χ2n) is 10.1. The summed E-state index contributed by atoms with van der Waals surface area (Å²) in [6.07, 6.45) is 1.55. The van der Waals surface area contributed by atoms with Crippen LogP contribution in [0.4, 0.5) is 17.1 Å².